The van der Waals surface area contributed by atoms with Crippen molar-refractivity contribution in [2.75, 3.05) is 23.3 Å². The van der Waals surface area contributed by atoms with Crippen LogP contribution in [0.5, 0.6) is 0 Å². The predicted molar refractivity (Wildman–Crippen MR) is 118 cm³/mol. The Morgan fingerprint density at radius 1 is 1.23 bits per heavy atom. The second kappa shape index (κ2) is 9.42. The zero-order chi connectivity index (χ0) is 21.7. The molecule has 7 nitrogen and oxygen atoms in total. The average Bonchev–Trinajstić information content (AvgIpc) is 3.10. The normalized spacial score (nSPS) is 16.5. The van der Waals surface area contributed by atoms with E-state index in [0.29, 0.717) is 22.0 Å². The van der Waals surface area contributed by atoms with Gasteiger partial charge in [-0.3, -0.25) is 9.59 Å². The molecule has 9 heteroatoms. The van der Waals surface area contributed by atoms with Crippen molar-refractivity contribution in [1.82, 2.24) is 4.72 Å². The maximum Gasteiger partial charge on any atom is 0.229 e. The summed E-state index contributed by atoms with van der Waals surface area (Å²) in [6.45, 7) is 3.92. The van der Waals surface area contributed by atoms with Crippen molar-refractivity contribution in [2.45, 2.75) is 12.2 Å². The molecule has 158 valence electrons. The van der Waals surface area contributed by atoms with E-state index in [2.05, 4.69) is 16.6 Å². The number of halogens is 1. The quantitative estimate of drug-likeness (QED) is 0.608. The lowest BCUT2D eigenvalue weighted by atomic mass is 10.1. The summed E-state index contributed by atoms with van der Waals surface area (Å²) in [6, 6.07) is 13.5. The van der Waals surface area contributed by atoms with Gasteiger partial charge < -0.3 is 10.2 Å². The molecule has 0 aliphatic carbocycles. The van der Waals surface area contributed by atoms with Gasteiger partial charge in [-0.2, -0.15) is 0 Å². The van der Waals surface area contributed by atoms with Crippen LogP contribution in [-0.4, -0.2) is 33.3 Å². The van der Waals surface area contributed by atoms with Gasteiger partial charge in [0.1, 0.15) is 0 Å². The molecule has 0 spiro atoms. The first-order chi connectivity index (χ1) is 14.3. The molecule has 0 saturated carbocycles. The Labute approximate surface area is 180 Å². The summed E-state index contributed by atoms with van der Waals surface area (Å²) < 4.78 is 26.2. The van der Waals surface area contributed by atoms with Crippen LogP contribution in [0.25, 0.3) is 0 Å². The third-order valence-electron chi connectivity index (χ3n) is 4.64. The third kappa shape index (κ3) is 5.69. The van der Waals surface area contributed by atoms with Gasteiger partial charge in [0.2, 0.25) is 21.8 Å². The smallest absolute Gasteiger partial charge is 0.229 e. The molecule has 0 radical (unpaired) electrons. The summed E-state index contributed by atoms with van der Waals surface area (Å²) in [6.07, 6.45) is 1.58. The van der Waals surface area contributed by atoms with E-state index >= 15 is 0 Å². The second-order valence-corrected chi connectivity index (χ2v) is 9.21. The minimum absolute atomic E-state index is 0.115. The number of amides is 2. The van der Waals surface area contributed by atoms with Gasteiger partial charge in [-0.05, 0) is 35.9 Å². The summed E-state index contributed by atoms with van der Waals surface area (Å²) in [5.74, 6) is -1.05. The molecule has 1 heterocycles. The van der Waals surface area contributed by atoms with E-state index < -0.39 is 15.9 Å². The number of benzene rings is 2. The molecule has 0 bridgehead atoms. The highest BCUT2D eigenvalue weighted by atomic mass is 35.5. The number of nitrogens with zero attached hydrogens (tertiary/aromatic N) is 1. The Balaban J connectivity index is 1.60. The Morgan fingerprint density at radius 3 is 2.63 bits per heavy atom. The molecule has 1 aliphatic heterocycles. The van der Waals surface area contributed by atoms with Crippen LogP contribution in [-0.2, 0) is 25.4 Å². The summed E-state index contributed by atoms with van der Waals surface area (Å²) in [5, 5.41) is 3.31. The van der Waals surface area contributed by atoms with Crippen LogP contribution in [0.4, 0.5) is 11.4 Å². The molecule has 0 aromatic heterocycles. The summed E-state index contributed by atoms with van der Waals surface area (Å²) in [5.41, 5.74) is 1.79. The number of carbonyl (C=O) groups is 2. The SMILES string of the molecule is C=CCNS(=O)(=O)Cc1ccc(NC(=O)C2CC(=O)N(c3cccc(Cl)c3)C2)cc1. The predicted octanol–water partition coefficient (Wildman–Crippen LogP) is 2.94. The monoisotopic (exact) mass is 447 g/mol. The molecule has 3 rings (SSSR count). The number of hydrogen-bond acceptors (Lipinski definition) is 4. The van der Waals surface area contributed by atoms with Crippen LogP contribution in [0.2, 0.25) is 5.02 Å². The molecule has 1 unspecified atom stereocenters. The van der Waals surface area contributed by atoms with Gasteiger partial charge in [-0.1, -0.05) is 35.9 Å². The molecule has 1 atom stereocenters. The number of rotatable bonds is 8. The number of nitrogens with one attached hydrogen (secondary N) is 2. The molecule has 1 aliphatic rings. The Hall–Kier alpha value is -2.68. The zero-order valence-electron chi connectivity index (χ0n) is 16.2. The van der Waals surface area contributed by atoms with Gasteiger partial charge in [0, 0.05) is 35.9 Å². The highest BCUT2D eigenvalue weighted by Gasteiger charge is 2.35. The van der Waals surface area contributed by atoms with Crippen molar-refractivity contribution in [3.63, 3.8) is 0 Å². The van der Waals surface area contributed by atoms with Crippen LogP contribution >= 0.6 is 11.6 Å². The van der Waals surface area contributed by atoms with Gasteiger partial charge in [0.25, 0.3) is 0 Å². The van der Waals surface area contributed by atoms with Crippen molar-refractivity contribution >= 4 is 44.8 Å². The second-order valence-electron chi connectivity index (χ2n) is 6.97. The topological polar surface area (TPSA) is 95.6 Å². The fourth-order valence-electron chi connectivity index (χ4n) is 3.16. The van der Waals surface area contributed by atoms with Gasteiger partial charge >= 0.3 is 0 Å². The van der Waals surface area contributed by atoms with Crippen LogP contribution in [0.15, 0.2) is 61.2 Å². The fraction of sp³-hybridized carbons (Fsp3) is 0.238. The maximum atomic E-state index is 12.6. The number of hydrogen-bond donors (Lipinski definition) is 2. The highest BCUT2D eigenvalue weighted by Crippen LogP contribution is 2.28. The van der Waals surface area contributed by atoms with E-state index in [0.717, 1.165) is 0 Å². The van der Waals surface area contributed by atoms with Crippen LogP contribution < -0.4 is 14.9 Å². The standard InChI is InChI=1S/C21H22ClN3O4S/c1-2-10-23-30(28,29)14-15-6-8-18(9-7-15)24-21(27)16-11-20(26)25(13-16)19-5-3-4-17(22)12-19/h2-9,12,16,23H,1,10-11,13-14H2,(H,24,27). The Kier molecular flexibility index (Phi) is 6.91. The molecular weight excluding hydrogens is 426 g/mol. The van der Waals surface area contributed by atoms with E-state index in [4.69, 9.17) is 11.6 Å². The van der Waals surface area contributed by atoms with Gasteiger partial charge in [0.05, 0.1) is 11.7 Å². The van der Waals surface area contributed by atoms with Crippen molar-refractivity contribution in [3.05, 3.63) is 71.8 Å². The number of sulfonamides is 1. The molecule has 2 aromatic carbocycles. The van der Waals surface area contributed by atoms with Crippen LogP contribution in [0.3, 0.4) is 0 Å². The maximum absolute atomic E-state index is 12.6. The van der Waals surface area contributed by atoms with E-state index in [1.807, 2.05) is 0 Å². The summed E-state index contributed by atoms with van der Waals surface area (Å²) >= 11 is 5.99. The minimum atomic E-state index is -3.45. The number of carbonyl (C=O) groups excluding carboxylic acids is 2. The van der Waals surface area contributed by atoms with Crippen LogP contribution in [0, 0.1) is 5.92 Å². The van der Waals surface area contributed by atoms with Gasteiger partial charge in [0.15, 0.2) is 0 Å². The molecule has 2 N–H and O–H groups in total. The summed E-state index contributed by atoms with van der Waals surface area (Å²) in [7, 11) is -3.45. The molecule has 2 aromatic rings. The molecule has 30 heavy (non-hydrogen) atoms. The summed E-state index contributed by atoms with van der Waals surface area (Å²) in [4.78, 5) is 26.5. The lowest BCUT2D eigenvalue weighted by Crippen LogP contribution is -2.28. The van der Waals surface area contributed by atoms with Crippen molar-refractivity contribution in [1.29, 1.82) is 0 Å². The molecular formula is C21H22ClN3O4S. The Morgan fingerprint density at radius 2 is 1.97 bits per heavy atom. The van der Waals surface area contributed by atoms with Crippen molar-refractivity contribution < 1.29 is 18.0 Å². The fourth-order valence-corrected chi connectivity index (χ4v) is 4.45. The lowest BCUT2D eigenvalue weighted by Gasteiger charge is -2.17. The third-order valence-corrected chi connectivity index (χ3v) is 6.20. The largest absolute Gasteiger partial charge is 0.326 e. The lowest BCUT2D eigenvalue weighted by molar-refractivity contribution is -0.122. The van der Waals surface area contributed by atoms with E-state index in [-0.39, 0.29) is 37.1 Å². The highest BCUT2D eigenvalue weighted by molar-refractivity contribution is 7.88. The number of anilines is 2. The van der Waals surface area contributed by atoms with E-state index in [1.165, 1.54) is 6.08 Å². The van der Waals surface area contributed by atoms with Gasteiger partial charge in [-0.15, -0.1) is 6.58 Å². The van der Waals surface area contributed by atoms with Gasteiger partial charge in [-0.25, -0.2) is 13.1 Å². The molecule has 2 amide bonds. The van der Waals surface area contributed by atoms with E-state index in [9.17, 15) is 18.0 Å². The average molecular weight is 448 g/mol. The van der Waals surface area contributed by atoms with Crippen molar-refractivity contribution in [3.8, 4) is 0 Å². The zero-order valence-corrected chi connectivity index (χ0v) is 17.7. The molecule has 1 fully saturated rings. The van der Waals surface area contributed by atoms with Crippen molar-refractivity contribution in [2.24, 2.45) is 5.92 Å². The first kappa shape index (κ1) is 22.0. The van der Waals surface area contributed by atoms with Crippen LogP contribution in [0.1, 0.15) is 12.0 Å². The van der Waals surface area contributed by atoms with E-state index in [1.54, 1.807) is 53.4 Å². The first-order valence-corrected chi connectivity index (χ1v) is 11.3. The first-order valence-electron chi connectivity index (χ1n) is 9.31. The molecule has 1 saturated heterocycles. The minimum Gasteiger partial charge on any atom is -0.326 e. The Bertz CT molecular complexity index is 1050.